The van der Waals surface area contributed by atoms with Crippen molar-refractivity contribution in [2.45, 2.75) is 18.6 Å². The molecule has 0 fully saturated rings. The van der Waals surface area contributed by atoms with Crippen LogP contribution < -0.4 is 20.5 Å². The summed E-state index contributed by atoms with van der Waals surface area (Å²) in [6.45, 7) is 0.280. The van der Waals surface area contributed by atoms with Crippen LogP contribution in [0.1, 0.15) is 15.9 Å². The number of carbonyl (C=O) groups is 1. The number of hydrogen-bond acceptors (Lipinski definition) is 7. The van der Waals surface area contributed by atoms with E-state index in [0.29, 0.717) is 34.4 Å². The lowest BCUT2D eigenvalue weighted by molar-refractivity contribution is 0.0995. The van der Waals surface area contributed by atoms with Crippen molar-refractivity contribution >= 4 is 42.3 Å². The Morgan fingerprint density at radius 3 is 2.43 bits per heavy atom. The summed E-state index contributed by atoms with van der Waals surface area (Å²) >= 11 is 5.92. The molecule has 0 radical (unpaired) electrons. The Labute approximate surface area is 221 Å². The summed E-state index contributed by atoms with van der Waals surface area (Å²) in [5, 5.41) is 23.6. The van der Waals surface area contributed by atoms with Gasteiger partial charge < -0.3 is 30.7 Å². The number of nitrogens with zero attached hydrogens (tertiary/aromatic N) is 1. The molecule has 0 aliphatic carbocycles. The van der Waals surface area contributed by atoms with Crippen LogP contribution in [-0.4, -0.2) is 53.0 Å². The predicted molar refractivity (Wildman–Crippen MR) is 139 cm³/mol. The summed E-state index contributed by atoms with van der Waals surface area (Å²) in [7, 11) is 0. The Balaban J connectivity index is 0.00000306. The summed E-state index contributed by atoms with van der Waals surface area (Å²) < 4.78 is 11.2. The number of aliphatic hydroxyl groups excluding tert-OH is 2. The number of benzene rings is 2. The summed E-state index contributed by atoms with van der Waals surface area (Å²) in [4.78, 5) is 15.2. The summed E-state index contributed by atoms with van der Waals surface area (Å²) in [6.07, 6.45) is 1.17. The highest BCUT2D eigenvalue weighted by Gasteiger charge is 2.12. The highest BCUT2D eigenvalue weighted by atomic mass is 35.5. The second kappa shape index (κ2) is 15.4. The van der Waals surface area contributed by atoms with Crippen LogP contribution in [0.5, 0.6) is 17.4 Å². The molecule has 1 aromatic heterocycles. The zero-order valence-electron chi connectivity index (χ0n) is 18.7. The second-order valence-corrected chi connectivity index (χ2v) is 7.85. The topological polar surface area (TPSA) is 127 Å². The van der Waals surface area contributed by atoms with Crippen LogP contribution in [0.4, 0.5) is 0 Å². The predicted octanol–water partition coefficient (Wildman–Crippen LogP) is 3.40. The van der Waals surface area contributed by atoms with Crippen molar-refractivity contribution in [1.82, 2.24) is 10.3 Å². The first-order valence-electron chi connectivity index (χ1n) is 10.4. The molecule has 0 bridgehead atoms. The van der Waals surface area contributed by atoms with Gasteiger partial charge in [0.15, 0.2) is 0 Å². The number of aromatic nitrogens is 1. The zero-order valence-corrected chi connectivity index (χ0v) is 21.1. The number of pyridine rings is 1. The van der Waals surface area contributed by atoms with E-state index in [1.54, 1.807) is 48.5 Å². The van der Waals surface area contributed by atoms with Crippen LogP contribution in [0.25, 0.3) is 0 Å². The third-order valence-corrected chi connectivity index (χ3v) is 4.98. The molecule has 0 unspecified atom stereocenters. The van der Waals surface area contributed by atoms with Gasteiger partial charge in [0.2, 0.25) is 11.8 Å². The second-order valence-electron chi connectivity index (χ2n) is 7.41. The Hall–Kier alpha value is -2.59. The van der Waals surface area contributed by atoms with E-state index < -0.39 is 12.0 Å². The lowest BCUT2D eigenvalue weighted by Crippen LogP contribution is -2.41. The van der Waals surface area contributed by atoms with Gasteiger partial charge >= 0.3 is 0 Å². The van der Waals surface area contributed by atoms with E-state index in [1.807, 2.05) is 12.1 Å². The molecular weight excluding hydrogens is 517 g/mol. The van der Waals surface area contributed by atoms with Gasteiger partial charge in [-0.3, -0.25) is 4.79 Å². The van der Waals surface area contributed by atoms with Gasteiger partial charge in [0.05, 0.1) is 12.2 Å². The van der Waals surface area contributed by atoms with E-state index in [1.165, 1.54) is 6.20 Å². The average molecular weight is 545 g/mol. The van der Waals surface area contributed by atoms with Gasteiger partial charge in [-0.15, -0.1) is 24.8 Å². The van der Waals surface area contributed by atoms with Gasteiger partial charge in [-0.2, -0.15) is 0 Å². The van der Waals surface area contributed by atoms with Crippen molar-refractivity contribution in [2.75, 3.05) is 19.8 Å². The van der Waals surface area contributed by atoms with Crippen molar-refractivity contribution in [3.8, 4) is 17.4 Å². The van der Waals surface area contributed by atoms with E-state index >= 15 is 0 Å². The smallest absolute Gasteiger partial charge is 0.250 e. The standard InChI is InChI=1S/C24H26ClN3O5.2ClH/c25-18-2-1-3-22(11-18)32-15-20(30)13-27-19(14-29)10-16-4-7-21(8-5-16)33-23-9-6-17(12-28-23)24(26)31;;/h1-9,11-12,19-20,27,29-30H,10,13-15H2,(H2,26,31);2*1H/t19-,20-;;/m0../s1. The van der Waals surface area contributed by atoms with Crippen molar-refractivity contribution in [1.29, 1.82) is 0 Å². The maximum absolute atomic E-state index is 11.1. The fourth-order valence-electron chi connectivity index (χ4n) is 3.00. The Morgan fingerprint density at radius 2 is 1.83 bits per heavy atom. The van der Waals surface area contributed by atoms with Crippen LogP contribution >= 0.6 is 36.4 Å². The number of primary amides is 1. The third-order valence-electron chi connectivity index (χ3n) is 4.75. The number of carbonyl (C=O) groups excluding carboxylic acids is 1. The van der Waals surface area contributed by atoms with Gasteiger partial charge in [0, 0.05) is 29.9 Å². The van der Waals surface area contributed by atoms with Gasteiger partial charge in [0.25, 0.3) is 0 Å². The Kier molecular flexibility index (Phi) is 13.4. The third kappa shape index (κ3) is 10.3. The number of halogens is 3. The minimum atomic E-state index is -0.748. The van der Waals surface area contributed by atoms with E-state index in [9.17, 15) is 15.0 Å². The molecule has 2 aromatic carbocycles. The number of nitrogens with two attached hydrogens (primary N) is 1. The molecule has 0 saturated heterocycles. The fourth-order valence-corrected chi connectivity index (χ4v) is 3.18. The number of aliphatic hydroxyl groups is 2. The molecule has 190 valence electrons. The maximum Gasteiger partial charge on any atom is 0.250 e. The van der Waals surface area contributed by atoms with Gasteiger partial charge in [-0.25, -0.2) is 4.98 Å². The molecule has 1 amide bonds. The zero-order chi connectivity index (χ0) is 23.6. The largest absolute Gasteiger partial charge is 0.491 e. The van der Waals surface area contributed by atoms with Crippen LogP contribution in [0.3, 0.4) is 0 Å². The molecule has 5 N–H and O–H groups in total. The molecule has 0 saturated carbocycles. The number of ether oxygens (including phenoxy) is 2. The minimum Gasteiger partial charge on any atom is -0.491 e. The van der Waals surface area contributed by atoms with Crippen LogP contribution in [-0.2, 0) is 6.42 Å². The molecule has 0 spiro atoms. The van der Waals surface area contributed by atoms with Crippen LogP contribution in [0.15, 0.2) is 66.9 Å². The molecule has 3 aromatic rings. The van der Waals surface area contributed by atoms with Crippen molar-refractivity contribution in [3.63, 3.8) is 0 Å². The Morgan fingerprint density at radius 1 is 1.09 bits per heavy atom. The first-order valence-corrected chi connectivity index (χ1v) is 10.7. The van der Waals surface area contributed by atoms with Gasteiger partial charge in [-0.1, -0.05) is 29.8 Å². The first-order chi connectivity index (χ1) is 15.9. The molecule has 1 heterocycles. The molecule has 0 aliphatic rings. The Bertz CT molecular complexity index is 1040. The number of rotatable bonds is 12. The highest BCUT2D eigenvalue weighted by molar-refractivity contribution is 6.30. The molecule has 3 rings (SSSR count). The molecular formula is C24H28Cl3N3O5. The number of amides is 1. The molecule has 0 aliphatic heterocycles. The molecule has 8 nitrogen and oxygen atoms in total. The molecule has 11 heteroatoms. The first kappa shape index (κ1) is 30.4. The summed E-state index contributed by atoms with van der Waals surface area (Å²) in [6, 6.07) is 17.2. The van der Waals surface area contributed by atoms with Crippen molar-refractivity contribution in [3.05, 3.63) is 83.0 Å². The maximum atomic E-state index is 11.1. The van der Waals surface area contributed by atoms with Crippen molar-refractivity contribution in [2.24, 2.45) is 5.73 Å². The van der Waals surface area contributed by atoms with Crippen molar-refractivity contribution < 1.29 is 24.5 Å². The van der Waals surface area contributed by atoms with E-state index in [-0.39, 0.29) is 50.6 Å². The molecule has 2 atom stereocenters. The van der Waals surface area contributed by atoms with Crippen LogP contribution in [0, 0.1) is 0 Å². The minimum absolute atomic E-state index is 0. The number of nitrogens with one attached hydrogen (secondary N) is 1. The summed E-state index contributed by atoms with van der Waals surface area (Å²) in [5.74, 6) is 0.963. The SMILES string of the molecule is Cl.Cl.NC(=O)c1ccc(Oc2ccc(C[C@@H](CO)NC[C@H](O)COc3cccc(Cl)c3)cc2)nc1. The monoisotopic (exact) mass is 543 g/mol. The quantitative estimate of drug-likeness (QED) is 0.275. The average Bonchev–Trinajstić information content (AvgIpc) is 2.82. The van der Waals surface area contributed by atoms with E-state index in [0.717, 1.165) is 5.56 Å². The van der Waals surface area contributed by atoms with Gasteiger partial charge in [0.1, 0.15) is 24.2 Å². The van der Waals surface area contributed by atoms with E-state index in [2.05, 4.69) is 10.3 Å². The van der Waals surface area contributed by atoms with E-state index in [4.69, 9.17) is 26.8 Å². The molecule has 35 heavy (non-hydrogen) atoms. The lowest BCUT2D eigenvalue weighted by Gasteiger charge is -2.19. The van der Waals surface area contributed by atoms with Gasteiger partial charge in [-0.05, 0) is 48.4 Å². The normalized spacial score (nSPS) is 12.0. The lowest BCUT2D eigenvalue weighted by atomic mass is 10.1. The fraction of sp³-hybridized carbons (Fsp3) is 0.250. The summed E-state index contributed by atoms with van der Waals surface area (Å²) in [5.41, 5.74) is 6.49. The van der Waals surface area contributed by atoms with Crippen LogP contribution in [0.2, 0.25) is 5.02 Å². The number of hydrogen-bond donors (Lipinski definition) is 4. The highest BCUT2D eigenvalue weighted by Crippen LogP contribution is 2.20.